The summed E-state index contributed by atoms with van der Waals surface area (Å²) in [7, 11) is 0. The Bertz CT molecular complexity index is 3630. The first kappa shape index (κ1) is 37.7. The second kappa shape index (κ2) is 16.0. The Morgan fingerprint density at radius 2 is 0.812 bits per heavy atom. The molecular formula is C62H41NS. The van der Waals surface area contributed by atoms with Crippen molar-refractivity contribution in [3.63, 3.8) is 0 Å². The van der Waals surface area contributed by atoms with E-state index in [2.05, 4.69) is 254 Å². The predicted octanol–water partition coefficient (Wildman–Crippen LogP) is 18.2. The van der Waals surface area contributed by atoms with Crippen molar-refractivity contribution in [1.82, 2.24) is 0 Å². The summed E-state index contributed by atoms with van der Waals surface area (Å²) in [5.74, 6) is 0. The molecular weight excluding hydrogens is 791 g/mol. The fourth-order valence-electron chi connectivity index (χ4n) is 9.63. The van der Waals surface area contributed by atoms with Crippen LogP contribution in [0, 0.1) is 0 Å². The van der Waals surface area contributed by atoms with Gasteiger partial charge < -0.3 is 4.90 Å². The number of thiophene rings is 1. The van der Waals surface area contributed by atoms with Crippen LogP contribution >= 0.6 is 11.3 Å². The van der Waals surface area contributed by atoms with Crippen molar-refractivity contribution in [1.29, 1.82) is 0 Å². The maximum atomic E-state index is 2.44. The van der Waals surface area contributed by atoms with E-state index in [0.717, 1.165) is 17.1 Å². The molecule has 0 aliphatic heterocycles. The lowest BCUT2D eigenvalue weighted by atomic mass is 9.84. The van der Waals surface area contributed by atoms with E-state index in [-0.39, 0.29) is 0 Å². The lowest BCUT2D eigenvalue weighted by Crippen LogP contribution is -2.10. The molecule has 0 radical (unpaired) electrons. The van der Waals surface area contributed by atoms with E-state index in [4.69, 9.17) is 0 Å². The first-order valence-corrected chi connectivity index (χ1v) is 22.7. The second-order valence-corrected chi connectivity index (χ2v) is 17.5. The van der Waals surface area contributed by atoms with Crippen LogP contribution < -0.4 is 4.90 Å². The molecule has 11 aromatic carbocycles. The van der Waals surface area contributed by atoms with E-state index in [0.29, 0.717) is 0 Å². The van der Waals surface area contributed by atoms with Gasteiger partial charge in [0.1, 0.15) is 0 Å². The highest BCUT2D eigenvalue weighted by molar-refractivity contribution is 7.26. The fraction of sp³-hybridized carbons (Fsp3) is 0. The molecule has 2 heteroatoms. The van der Waals surface area contributed by atoms with Gasteiger partial charge in [-0.2, -0.15) is 0 Å². The molecule has 12 aromatic rings. The summed E-state index contributed by atoms with van der Waals surface area (Å²) in [6.45, 7) is 0. The smallest absolute Gasteiger partial charge is 0.0640 e. The quantitative estimate of drug-likeness (QED) is 0.147. The van der Waals surface area contributed by atoms with Gasteiger partial charge in [-0.05, 0) is 126 Å². The normalized spacial score (nSPS) is 11.4. The molecule has 1 heterocycles. The van der Waals surface area contributed by atoms with Gasteiger partial charge >= 0.3 is 0 Å². The third-order valence-corrected chi connectivity index (χ3v) is 13.9. The van der Waals surface area contributed by atoms with Crippen molar-refractivity contribution in [2.75, 3.05) is 4.90 Å². The average molecular weight is 832 g/mol. The van der Waals surface area contributed by atoms with Crippen molar-refractivity contribution in [3.05, 3.63) is 249 Å². The number of rotatable bonds is 8. The molecule has 1 aromatic heterocycles. The van der Waals surface area contributed by atoms with Gasteiger partial charge in [0.05, 0.1) is 10.4 Å². The number of hydrogen-bond donors (Lipinski definition) is 0. The van der Waals surface area contributed by atoms with Crippen molar-refractivity contribution in [2.24, 2.45) is 0 Å². The van der Waals surface area contributed by atoms with Crippen LogP contribution in [0.4, 0.5) is 17.1 Å². The standard InChI is InChI=1S/C62H41NS/c1-4-16-43(17-5-1)52-26-14-23-45-30-31-48(40-56(45)52)42-32-36-50(37-33-42)63(58-28-15-27-55-54-25-12-13-29-59(54)64-62(55)58)51-38-34-47(35-39-51)61-57(44-18-6-2-7-19-44)41-49-22-10-11-24-53(49)60(61)46-20-8-3-9-21-46/h1-41H. The van der Waals surface area contributed by atoms with E-state index in [1.165, 1.54) is 97.4 Å². The van der Waals surface area contributed by atoms with Crippen molar-refractivity contribution in [2.45, 2.75) is 0 Å². The Labute approximate surface area is 377 Å². The molecule has 300 valence electrons. The van der Waals surface area contributed by atoms with Crippen LogP contribution in [0.15, 0.2) is 249 Å². The van der Waals surface area contributed by atoms with Crippen LogP contribution in [0.3, 0.4) is 0 Å². The Morgan fingerprint density at radius 3 is 1.53 bits per heavy atom. The molecule has 0 aliphatic carbocycles. The number of benzene rings is 11. The fourth-order valence-corrected chi connectivity index (χ4v) is 10.8. The highest BCUT2D eigenvalue weighted by Gasteiger charge is 2.21. The Kier molecular flexibility index (Phi) is 9.43. The van der Waals surface area contributed by atoms with Gasteiger partial charge in [0, 0.05) is 26.8 Å². The number of hydrogen-bond acceptors (Lipinski definition) is 2. The number of fused-ring (bicyclic) bond motifs is 5. The summed E-state index contributed by atoms with van der Waals surface area (Å²) in [5.41, 5.74) is 15.5. The van der Waals surface area contributed by atoms with Crippen LogP contribution in [0.2, 0.25) is 0 Å². The monoisotopic (exact) mass is 831 g/mol. The number of nitrogens with zero attached hydrogens (tertiary/aromatic N) is 1. The largest absolute Gasteiger partial charge is 0.309 e. The molecule has 64 heavy (non-hydrogen) atoms. The first-order chi connectivity index (χ1) is 31.7. The minimum absolute atomic E-state index is 1.10. The zero-order chi connectivity index (χ0) is 42.4. The van der Waals surface area contributed by atoms with Crippen molar-refractivity contribution < 1.29 is 0 Å². The number of anilines is 3. The average Bonchev–Trinajstić information content (AvgIpc) is 3.76. The lowest BCUT2D eigenvalue weighted by Gasteiger charge is -2.27. The van der Waals surface area contributed by atoms with Crippen LogP contribution in [-0.4, -0.2) is 0 Å². The third kappa shape index (κ3) is 6.64. The molecule has 0 saturated carbocycles. The van der Waals surface area contributed by atoms with E-state index < -0.39 is 0 Å². The van der Waals surface area contributed by atoms with Gasteiger partial charge in [0.25, 0.3) is 0 Å². The van der Waals surface area contributed by atoms with Crippen LogP contribution in [0.25, 0.3) is 97.4 Å². The first-order valence-electron chi connectivity index (χ1n) is 21.9. The SMILES string of the molecule is c1ccc(-c2cc3ccccc3c(-c3ccccc3)c2-c2ccc(N(c3ccc(-c4ccc5cccc(-c6ccccc6)c5c4)cc3)c3cccc4c3sc3ccccc34)cc2)cc1. The molecule has 0 fully saturated rings. The summed E-state index contributed by atoms with van der Waals surface area (Å²) in [4.78, 5) is 2.44. The Hall–Kier alpha value is -8.04. The Balaban J connectivity index is 1.02. The molecule has 0 amide bonds. The van der Waals surface area contributed by atoms with Crippen LogP contribution in [-0.2, 0) is 0 Å². The van der Waals surface area contributed by atoms with E-state index in [1.54, 1.807) is 0 Å². The van der Waals surface area contributed by atoms with Gasteiger partial charge in [-0.3, -0.25) is 0 Å². The topological polar surface area (TPSA) is 3.24 Å². The zero-order valence-electron chi connectivity index (χ0n) is 35.0. The molecule has 0 saturated heterocycles. The van der Waals surface area contributed by atoms with Gasteiger partial charge in [-0.15, -0.1) is 11.3 Å². The zero-order valence-corrected chi connectivity index (χ0v) is 35.8. The van der Waals surface area contributed by atoms with Gasteiger partial charge in [0.15, 0.2) is 0 Å². The maximum absolute atomic E-state index is 2.44. The Morgan fingerprint density at radius 1 is 0.281 bits per heavy atom. The van der Waals surface area contributed by atoms with Gasteiger partial charge in [-0.1, -0.05) is 200 Å². The maximum Gasteiger partial charge on any atom is 0.0640 e. The summed E-state index contributed by atoms with van der Waals surface area (Å²) < 4.78 is 2.56. The van der Waals surface area contributed by atoms with Crippen LogP contribution in [0.5, 0.6) is 0 Å². The van der Waals surface area contributed by atoms with E-state index in [1.807, 2.05) is 11.3 Å². The van der Waals surface area contributed by atoms with Gasteiger partial charge in [0.2, 0.25) is 0 Å². The minimum Gasteiger partial charge on any atom is -0.309 e. The molecule has 0 spiro atoms. The third-order valence-electron chi connectivity index (χ3n) is 12.7. The summed E-state index contributed by atoms with van der Waals surface area (Å²) in [5, 5.41) is 7.53. The molecule has 0 aliphatic rings. The summed E-state index contributed by atoms with van der Waals surface area (Å²) >= 11 is 1.87. The summed E-state index contributed by atoms with van der Waals surface area (Å²) in [6, 6.07) is 90.9. The molecule has 0 unspecified atom stereocenters. The highest BCUT2D eigenvalue weighted by atomic mass is 32.1. The van der Waals surface area contributed by atoms with Gasteiger partial charge in [-0.25, -0.2) is 0 Å². The lowest BCUT2D eigenvalue weighted by molar-refractivity contribution is 1.30. The molecule has 12 rings (SSSR count). The highest BCUT2D eigenvalue weighted by Crippen LogP contribution is 2.48. The molecule has 0 atom stereocenters. The predicted molar refractivity (Wildman–Crippen MR) is 276 cm³/mol. The minimum atomic E-state index is 1.10. The molecule has 1 nitrogen and oxygen atoms in total. The van der Waals surface area contributed by atoms with E-state index in [9.17, 15) is 0 Å². The van der Waals surface area contributed by atoms with Crippen molar-refractivity contribution in [3.8, 4) is 55.6 Å². The summed E-state index contributed by atoms with van der Waals surface area (Å²) in [6.07, 6.45) is 0. The van der Waals surface area contributed by atoms with E-state index >= 15 is 0 Å². The van der Waals surface area contributed by atoms with Crippen molar-refractivity contribution >= 4 is 70.1 Å². The molecule has 0 N–H and O–H groups in total. The molecule has 0 bridgehead atoms. The second-order valence-electron chi connectivity index (χ2n) is 16.4. The van der Waals surface area contributed by atoms with Crippen LogP contribution in [0.1, 0.15) is 0 Å².